The summed E-state index contributed by atoms with van der Waals surface area (Å²) >= 11 is 0. The smallest absolute Gasteiger partial charge is 0.125 e. The maximum absolute atomic E-state index is 6.31. The molecule has 0 unspecified atom stereocenters. The zero-order valence-electron chi connectivity index (χ0n) is 19.1. The molecular weight excluding hydrogens is 408 g/mol. The molecule has 0 aliphatic carbocycles. The number of nitrogens with one attached hydrogen (secondary N) is 1. The monoisotopic (exact) mass is 438 g/mol. The SMILES string of the molecule is Cc1cccc(COc2ccc3ccccc3c2CNc2ccc(N3CCOCC3)cc2)c1. The number of fused-ring (bicyclic) bond motifs is 1. The first kappa shape index (κ1) is 21.4. The highest BCUT2D eigenvalue weighted by Gasteiger charge is 2.12. The van der Waals surface area contributed by atoms with Crippen LogP contribution in [-0.4, -0.2) is 26.3 Å². The molecular formula is C29H30N2O2. The Kier molecular flexibility index (Phi) is 6.45. The van der Waals surface area contributed by atoms with Crippen molar-refractivity contribution in [3.05, 3.63) is 102 Å². The zero-order valence-corrected chi connectivity index (χ0v) is 19.1. The predicted molar refractivity (Wildman–Crippen MR) is 136 cm³/mol. The molecule has 4 aromatic carbocycles. The molecule has 0 amide bonds. The summed E-state index contributed by atoms with van der Waals surface area (Å²) < 4.78 is 11.8. The maximum Gasteiger partial charge on any atom is 0.125 e. The molecule has 4 heteroatoms. The van der Waals surface area contributed by atoms with Gasteiger partial charge in [-0.2, -0.15) is 0 Å². The minimum atomic E-state index is 0.557. The molecule has 0 aromatic heterocycles. The Balaban J connectivity index is 1.34. The summed E-state index contributed by atoms with van der Waals surface area (Å²) in [4.78, 5) is 2.37. The minimum absolute atomic E-state index is 0.557. The lowest BCUT2D eigenvalue weighted by Crippen LogP contribution is -2.36. The van der Waals surface area contributed by atoms with Crippen LogP contribution >= 0.6 is 0 Å². The number of hydrogen-bond donors (Lipinski definition) is 1. The largest absolute Gasteiger partial charge is 0.489 e. The van der Waals surface area contributed by atoms with E-state index in [9.17, 15) is 0 Å². The van der Waals surface area contributed by atoms with Crippen LogP contribution in [0.2, 0.25) is 0 Å². The van der Waals surface area contributed by atoms with Crippen LogP contribution in [0.15, 0.2) is 84.9 Å². The van der Waals surface area contributed by atoms with Crippen molar-refractivity contribution in [3.63, 3.8) is 0 Å². The number of nitrogens with zero attached hydrogens (tertiary/aromatic N) is 1. The van der Waals surface area contributed by atoms with E-state index in [1.54, 1.807) is 0 Å². The highest BCUT2D eigenvalue weighted by molar-refractivity contribution is 5.88. The van der Waals surface area contributed by atoms with E-state index in [1.807, 2.05) is 0 Å². The van der Waals surface area contributed by atoms with Crippen LogP contribution in [0.3, 0.4) is 0 Å². The van der Waals surface area contributed by atoms with E-state index in [0.29, 0.717) is 13.2 Å². The van der Waals surface area contributed by atoms with E-state index >= 15 is 0 Å². The van der Waals surface area contributed by atoms with Gasteiger partial charge in [0.05, 0.1) is 13.2 Å². The van der Waals surface area contributed by atoms with E-state index in [1.165, 1.54) is 33.2 Å². The third-order valence-electron chi connectivity index (χ3n) is 6.19. The Morgan fingerprint density at radius 2 is 1.70 bits per heavy atom. The molecule has 4 aromatic rings. The Labute approximate surface area is 195 Å². The van der Waals surface area contributed by atoms with Crippen LogP contribution in [0.25, 0.3) is 10.8 Å². The van der Waals surface area contributed by atoms with Crippen LogP contribution in [0.1, 0.15) is 16.7 Å². The van der Waals surface area contributed by atoms with Crippen LogP contribution in [0.4, 0.5) is 11.4 Å². The van der Waals surface area contributed by atoms with E-state index in [4.69, 9.17) is 9.47 Å². The Bertz CT molecular complexity index is 1210. The second kappa shape index (κ2) is 9.97. The number of aryl methyl sites for hydroxylation is 1. The van der Waals surface area contributed by atoms with Gasteiger partial charge in [0.15, 0.2) is 0 Å². The summed E-state index contributed by atoms with van der Waals surface area (Å²) in [6.07, 6.45) is 0. The van der Waals surface area contributed by atoms with Gasteiger partial charge in [0.2, 0.25) is 0 Å². The van der Waals surface area contributed by atoms with Gasteiger partial charge in [0.25, 0.3) is 0 Å². The van der Waals surface area contributed by atoms with Gasteiger partial charge < -0.3 is 19.7 Å². The van der Waals surface area contributed by atoms with Gasteiger partial charge in [-0.15, -0.1) is 0 Å². The number of anilines is 2. The second-order valence-electron chi connectivity index (χ2n) is 8.54. The highest BCUT2D eigenvalue weighted by atomic mass is 16.5. The molecule has 1 aliphatic heterocycles. The van der Waals surface area contributed by atoms with Crippen molar-refractivity contribution in [3.8, 4) is 5.75 Å². The topological polar surface area (TPSA) is 33.7 Å². The molecule has 33 heavy (non-hydrogen) atoms. The summed E-state index contributed by atoms with van der Waals surface area (Å²) in [5.41, 5.74) is 5.96. The molecule has 1 N–H and O–H groups in total. The van der Waals surface area contributed by atoms with Gasteiger partial charge in [0, 0.05) is 36.6 Å². The first-order chi connectivity index (χ1) is 16.3. The molecule has 0 atom stereocenters. The van der Waals surface area contributed by atoms with Gasteiger partial charge in [-0.25, -0.2) is 0 Å². The summed E-state index contributed by atoms with van der Waals surface area (Å²) in [6.45, 7) is 6.86. The first-order valence-electron chi connectivity index (χ1n) is 11.6. The first-order valence-corrected chi connectivity index (χ1v) is 11.6. The van der Waals surface area contributed by atoms with Crippen LogP contribution < -0.4 is 15.0 Å². The molecule has 1 saturated heterocycles. The second-order valence-corrected chi connectivity index (χ2v) is 8.54. The summed E-state index contributed by atoms with van der Waals surface area (Å²) in [6, 6.07) is 29.9. The molecule has 0 bridgehead atoms. The Morgan fingerprint density at radius 1 is 0.879 bits per heavy atom. The standard InChI is InChI=1S/C29H30N2O2/c1-22-5-4-6-23(19-22)21-33-29-14-9-24-7-2-3-8-27(24)28(29)20-30-25-10-12-26(13-11-25)31-15-17-32-18-16-31/h2-14,19,30H,15-18,20-21H2,1H3. The Morgan fingerprint density at radius 3 is 2.52 bits per heavy atom. The number of morpholine rings is 1. The average molecular weight is 439 g/mol. The van der Waals surface area contributed by atoms with Gasteiger partial charge in [-0.3, -0.25) is 0 Å². The fourth-order valence-electron chi connectivity index (χ4n) is 4.40. The number of benzene rings is 4. The maximum atomic E-state index is 6.31. The Hall–Kier alpha value is -3.50. The summed E-state index contributed by atoms with van der Waals surface area (Å²) in [7, 11) is 0. The van der Waals surface area contributed by atoms with Gasteiger partial charge >= 0.3 is 0 Å². The van der Waals surface area contributed by atoms with Crippen molar-refractivity contribution in [2.45, 2.75) is 20.1 Å². The normalized spacial score (nSPS) is 13.8. The van der Waals surface area contributed by atoms with E-state index in [-0.39, 0.29) is 0 Å². The highest BCUT2D eigenvalue weighted by Crippen LogP contribution is 2.30. The molecule has 4 nitrogen and oxygen atoms in total. The lowest BCUT2D eigenvalue weighted by atomic mass is 10.0. The molecule has 0 saturated carbocycles. The quantitative estimate of drug-likeness (QED) is 0.374. The van der Waals surface area contributed by atoms with E-state index < -0.39 is 0 Å². The third kappa shape index (κ3) is 5.12. The van der Waals surface area contributed by atoms with E-state index in [2.05, 4.69) is 102 Å². The predicted octanol–water partition coefficient (Wildman–Crippen LogP) is 6.18. The van der Waals surface area contributed by atoms with Crippen molar-refractivity contribution in [2.75, 3.05) is 36.5 Å². The van der Waals surface area contributed by atoms with Crippen LogP contribution in [0, 0.1) is 6.92 Å². The third-order valence-corrected chi connectivity index (χ3v) is 6.19. The summed E-state index contributed by atoms with van der Waals surface area (Å²) in [5.74, 6) is 0.924. The summed E-state index contributed by atoms with van der Waals surface area (Å²) in [5, 5.41) is 6.05. The number of rotatable bonds is 7. The minimum Gasteiger partial charge on any atom is -0.489 e. The molecule has 0 spiro atoms. The fourth-order valence-corrected chi connectivity index (χ4v) is 4.40. The van der Waals surface area contributed by atoms with E-state index in [0.717, 1.165) is 37.7 Å². The fraction of sp³-hybridized carbons (Fsp3) is 0.241. The molecule has 168 valence electrons. The van der Waals surface area contributed by atoms with Crippen LogP contribution in [-0.2, 0) is 17.9 Å². The van der Waals surface area contributed by atoms with Gasteiger partial charge in [-0.05, 0) is 53.6 Å². The van der Waals surface area contributed by atoms with Crippen molar-refractivity contribution in [1.82, 2.24) is 0 Å². The van der Waals surface area contributed by atoms with Crippen LogP contribution in [0.5, 0.6) is 5.75 Å². The van der Waals surface area contributed by atoms with Gasteiger partial charge in [0.1, 0.15) is 12.4 Å². The molecule has 5 rings (SSSR count). The lowest BCUT2D eigenvalue weighted by Gasteiger charge is -2.29. The van der Waals surface area contributed by atoms with Crippen molar-refractivity contribution in [2.24, 2.45) is 0 Å². The molecule has 1 heterocycles. The zero-order chi connectivity index (χ0) is 22.5. The molecule has 0 radical (unpaired) electrons. The number of hydrogen-bond acceptors (Lipinski definition) is 4. The average Bonchev–Trinajstić information content (AvgIpc) is 2.87. The lowest BCUT2D eigenvalue weighted by molar-refractivity contribution is 0.122. The number of ether oxygens (including phenoxy) is 2. The molecule has 1 aliphatic rings. The van der Waals surface area contributed by atoms with Gasteiger partial charge in [-0.1, -0.05) is 60.2 Å². The molecule has 1 fully saturated rings. The van der Waals surface area contributed by atoms with Crippen molar-refractivity contribution in [1.29, 1.82) is 0 Å². The van der Waals surface area contributed by atoms with Crippen molar-refractivity contribution >= 4 is 22.1 Å². The van der Waals surface area contributed by atoms with Crippen molar-refractivity contribution < 1.29 is 9.47 Å².